The van der Waals surface area contributed by atoms with Gasteiger partial charge in [-0.15, -0.1) is 0 Å². The van der Waals surface area contributed by atoms with Gasteiger partial charge in [0.1, 0.15) is 11.6 Å². The average Bonchev–Trinajstić information content (AvgIpc) is 2.81. The van der Waals surface area contributed by atoms with Crippen LogP contribution in [0.2, 0.25) is 0 Å². The summed E-state index contributed by atoms with van der Waals surface area (Å²) in [4.78, 5) is 0. The number of benzene rings is 3. The summed E-state index contributed by atoms with van der Waals surface area (Å²) in [6, 6.07) is 19.4. The number of nitrogens with one attached hydrogen (secondary N) is 1. The fourth-order valence-electron chi connectivity index (χ4n) is 3.43. The van der Waals surface area contributed by atoms with Gasteiger partial charge in [0.25, 0.3) is 0 Å². The zero-order valence-electron chi connectivity index (χ0n) is 18.0. The van der Waals surface area contributed by atoms with Crippen molar-refractivity contribution < 1.29 is 24.4 Å². The number of hydrogen-bond donors (Lipinski definition) is 4. The second-order valence-electron chi connectivity index (χ2n) is 7.77. The molecule has 1 atom stereocenters. The molecule has 0 saturated heterocycles. The number of rotatable bonds is 12. The molecule has 4 N–H and O–H groups in total. The third-order valence-electron chi connectivity index (χ3n) is 5.30. The first-order chi connectivity index (χ1) is 15.5. The van der Waals surface area contributed by atoms with E-state index in [0.29, 0.717) is 37.4 Å². The minimum absolute atomic E-state index is 0.0238. The maximum atomic E-state index is 12.9. The SMILES string of the molecule is OCc1cc([C@@H](O)CNCCc2cccc(COCCc3ccc(F)cc3)c2)ccc1O. The smallest absolute Gasteiger partial charge is 0.123 e. The van der Waals surface area contributed by atoms with E-state index in [4.69, 9.17) is 4.74 Å². The first kappa shape index (κ1) is 23.9. The largest absolute Gasteiger partial charge is 0.508 e. The molecule has 6 heteroatoms. The van der Waals surface area contributed by atoms with Gasteiger partial charge in [0, 0.05) is 12.1 Å². The first-order valence-electron chi connectivity index (χ1n) is 10.8. The van der Waals surface area contributed by atoms with Crippen molar-refractivity contribution in [3.8, 4) is 5.75 Å². The summed E-state index contributed by atoms with van der Waals surface area (Å²) in [5.41, 5.74) is 4.38. The molecule has 0 spiro atoms. The Morgan fingerprint density at radius 1 is 0.906 bits per heavy atom. The third-order valence-corrected chi connectivity index (χ3v) is 5.30. The molecular formula is C26H30FNO4. The summed E-state index contributed by atoms with van der Waals surface area (Å²) in [6.07, 6.45) is 0.836. The highest BCUT2D eigenvalue weighted by atomic mass is 19.1. The Balaban J connectivity index is 1.37. The predicted octanol–water partition coefficient (Wildman–Crippen LogP) is 3.65. The van der Waals surface area contributed by atoms with Gasteiger partial charge in [-0.05, 0) is 65.9 Å². The van der Waals surface area contributed by atoms with Crippen LogP contribution >= 0.6 is 0 Å². The van der Waals surface area contributed by atoms with Gasteiger partial charge >= 0.3 is 0 Å². The van der Waals surface area contributed by atoms with E-state index in [9.17, 15) is 19.7 Å². The maximum absolute atomic E-state index is 12.9. The molecule has 3 rings (SSSR count). The van der Waals surface area contributed by atoms with E-state index >= 15 is 0 Å². The van der Waals surface area contributed by atoms with Gasteiger partial charge in [-0.3, -0.25) is 0 Å². The van der Waals surface area contributed by atoms with Gasteiger partial charge in [-0.25, -0.2) is 4.39 Å². The lowest BCUT2D eigenvalue weighted by atomic mass is 10.0. The van der Waals surface area contributed by atoms with E-state index in [0.717, 1.165) is 24.0 Å². The molecule has 0 heterocycles. The molecule has 0 aliphatic carbocycles. The second kappa shape index (κ2) is 12.3. The second-order valence-corrected chi connectivity index (χ2v) is 7.77. The summed E-state index contributed by atoms with van der Waals surface area (Å²) >= 11 is 0. The minimum Gasteiger partial charge on any atom is -0.508 e. The topological polar surface area (TPSA) is 82.0 Å². The van der Waals surface area contributed by atoms with E-state index in [1.807, 2.05) is 12.1 Å². The van der Waals surface area contributed by atoms with Gasteiger partial charge in [-0.1, -0.05) is 42.5 Å². The lowest BCUT2D eigenvalue weighted by Crippen LogP contribution is -2.23. The summed E-state index contributed by atoms with van der Waals surface area (Å²) in [5.74, 6) is -0.206. The third kappa shape index (κ3) is 7.43. The zero-order chi connectivity index (χ0) is 22.8. The lowest BCUT2D eigenvalue weighted by Gasteiger charge is -2.14. The van der Waals surface area contributed by atoms with Crippen LogP contribution in [-0.4, -0.2) is 35.0 Å². The van der Waals surface area contributed by atoms with Crippen LogP contribution < -0.4 is 5.32 Å². The van der Waals surface area contributed by atoms with Crippen molar-refractivity contribution in [2.75, 3.05) is 19.7 Å². The fourth-order valence-corrected chi connectivity index (χ4v) is 3.43. The Hall–Kier alpha value is -2.77. The van der Waals surface area contributed by atoms with E-state index in [2.05, 4.69) is 17.4 Å². The van der Waals surface area contributed by atoms with Crippen molar-refractivity contribution in [1.82, 2.24) is 5.32 Å². The average molecular weight is 440 g/mol. The van der Waals surface area contributed by atoms with Gasteiger partial charge < -0.3 is 25.4 Å². The first-order valence-corrected chi connectivity index (χ1v) is 10.8. The Morgan fingerprint density at radius 3 is 2.47 bits per heavy atom. The molecule has 0 aromatic heterocycles. The molecule has 0 fully saturated rings. The van der Waals surface area contributed by atoms with Crippen LogP contribution in [0.3, 0.4) is 0 Å². The molecule has 0 bridgehead atoms. The highest BCUT2D eigenvalue weighted by molar-refractivity contribution is 5.36. The molecule has 3 aromatic rings. The molecule has 5 nitrogen and oxygen atoms in total. The van der Waals surface area contributed by atoms with Crippen LogP contribution in [-0.2, 0) is 30.8 Å². The summed E-state index contributed by atoms with van der Waals surface area (Å²) < 4.78 is 18.7. The number of aliphatic hydroxyl groups is 2. The Labute approximate surface area is 188 Å². The molecule has 0 radical (unpaired) electrons. The van der Waals surface area contributed by atoms with Crippen LogP contribution in [0.5, 0.6) is 5.75 Å². The molecule has 3 aromatic carbocycles. The summed E-state index contributed by atoms with van der Waals surface area (Å²) in [7, 11) is 0. The van der Waals surface area contributed by atoms with Gasteiger partial charge in [0.05, 0.1) is 25.9 Å². The van der Waals surface area contributed by atoms with Crippen LogP contribution in [0, 0.1) is 5.82 Å². The van der Waals surface area contributed by atoms with Gasteiger partial charge in [0.2, 0.25) is 0 Å². The quantitative estimate of drug-likeness (QED) is 0.324. The van der Waals surface area contributed by atoms with Crippen molar-refractivity contribution in [2.24, 2.45) is 0 Å². The lowest BCUT2D eigenvalue weighted by molar-refractivity contribution is 0.124. The van der Waals surface area contributed by atoms with Crippen molar-refractivity contribution >= 4 is 0 Å². The van der Waals surface area contributed by atoms with E-state index in [1.54, 1.807) is 24.3 Å². The van der Waals surface area contributed by atoms with E-state index in [-0.39, 0.29) is 18.2 Å². The van der Waals surface area contributed by atoms with E-state index < -0.39 is 6.10 Å². The Kier molecular flexibility index (Phi) is 9.19. The number of halogens is 1. The summed E-state index contributed by atoms with van der Waals surface area (Å²) in [6.45, 7) is 1.91. The molecule has 0 aliphatic heterocycles. The van der Waals surface area contributed by atoms with Crippen molar-refractivity contribution in [3.05, 3.63) is 100 Å². The molecular weight excluding hydrogens is 409 g/mol. The number of hydrogen-bond acceptors (Lipinski definition) is 5. The van der Waals surface area contributed by atoms with Crippen molar-refractivity contribution in [2.45, 2.75) is 32.2 Å². The number of phenols is 1. The molecule has 0 saturated carbocycles. The standard InChI is InChI=1S/C26H30FNO4/c27-24-7-4-19(5-8-24)11-13-32-18-21-3-1-2-20(14-21)10-12-28-16-26(31)22-6-9-25(30)23(15-22)17-29/h1-9,14-15,26,28-31H,10-13,16-18H2/t26-/m0/s1. The monoisotopic (exact) mass is 439 g/mol. The molecule has 32 heavy (non-hydrogen) atoms. The highest BCUT2D eigenvalue weighted by Gasteiger charge is 2.10. The van der Waals surface area contributed by atoms with Crippen LogP contribution in [0.15, 0.2) is 66.7 Å². The van der Waals surface area contributed by atoms with Crippen molar-refractivity contribution in [3.63, 3.8) is 0 Å². The normalized spacial score (nSPS) is 12.1. The van der Waals surface area contributed by atoms with Crippen molar-refractivity contribution in [1.29, 1.82) is 0 Å². The number of ether oxygens (including phenoxy) is 1. The minimum atomic E-state index is -0.721. The van der Waals surface area contributed by atoms with Crippen LogP contribution in [0.25, 0.3) is 0 Å². The number of aromatic hydroxyl groups is 1. The Bertz CT molecular complexity index is 978. The predicted molar refractivity (Wildman–Crippen MR) is 122 cm³/mol. The molecule has 170 valence electrons. The summed E-state index contributed by atoms with van der Waals surface area (Å²) in [5, 5.41) is 32.4. The van der Waals surface area contributed by atoms with Gasteiger partial charge in [0.15, 0.2) is 0 Å². The highest BCUT2D eigenvalue weighted by Crippen LogP contribution is 2.22. The molecule has 0 aliphatic rings. The van der Waals surface area contributed by atoms with Crippen LogP contribution in [0.1, 0.15) is 33.9 Å². The maximum Gasteiger partial charge on any atom is 0.123 e. The van der Waals surface area contributed by atoms with Gasteiger partial charge in [-0.2, -0.15) is 0 Å². The molecule has 0 unspecified atom stereocenters. The zero-order valence-corrected chi connectivity index (χ0v) is 18.0. The van der Waals surface area contributed by atoms with E-state index in [1.165, 1.54) is 23.8 Å². The Morgan fingerprint density at radius 2 is 1.69 bits per heavy atom. The number of aliphatic hydroxyl groups excluding tert-OH is 2. The molecule has 0 amide bonds. The fraction of sp³-hybridized carbons (Fsp3) is 0.308. The van der Waals surface area contributed by atoms with Crippen LogP contribution in [0.4, 0.5) is 4.39 Å².